The fourth-order valence-electron chi connectivity index (χ4n) is 1.71. The van der Waals surface area contributed by atoms with E-state index in [1.165, 1.54) is 0 Å². The van der Waals surface area contributed by atoms with E-state index in [1.807, 2.05) is 13.8 Å². The summed E-state index contributed by atoms with van der Waals surface area (Å²) >= 11 is 0. The number of carbonyl (C=O) groups excluding carboxylic acids is 2. The van der Waals surface area contributed by atoms with Crippen LogP contribution in [0.2, 0.25) is 0 Å². The highest BCUT2D eigenvalue weighted by atomic mass is 16.2. The van der Waals surface area contributed by atoms with Gasteiger partial charge in [0.25, 0.3) is 5.91 Å². The van der Waals surface area contributed by atoms with Crippen molar-refractivity contribution in [2.45, 2.75) is 45.6 Å². The molecule has 0 aliphatic carbocycles. The third kappa shape index (κ3) is 2.14. The van der Waals surface area contributed by atoms with E-state index in [9.17, 15) is 9.59 Å². The molecule has 90 valence electrons. The smallest absolute Gasteiger partial charge is 0.259 e. The summed E-state index contributed by atoms with van der Waals surface area (Å²) in [6, 6.07) is 0. The fraction of sp³-hybridized carbons (Fsp3) is 0.727. The predicted octanol–water partition coefficient (Wildman–Crippen LogP) is 0.585. The third-order valence-electron chi connectivity index (χ3n) is 3.22. The van der Waals surface area contributed by atoms with Gasteiger partial charge in [-0.15, -0.1) is 0 Å². The Morgan fingerprint density at radius 3 is 2.25 bits per heavy atom. The van der Waals surface area contributed by atoms with Gasteiger partial charge < -0.3 is 11.1 Å². The van der Waals surface area contributed by atoms with Crippen LogP contribution < -0.4 is 11.1 Å². The number of nitrogens with two attached hydrogens (primary N) is 1. The number of nitrogens with zero attached hydrogens (tertiary/aromatic N) is 1. The Morgan fingerprint density at radius 2 is 1.88 bits per heavy atom. The van der Waals surface area contributed by atoms with E-state index in [0.717, 1.165) is 0 Å². The summed E-state index contributed by atoms with van der Waals surface area (Å²) in [6.07, 6.45) is 1.73. The lowest BCUT2D eigenvalue weighted by atomic mass is 9.90. The second-order valence-electron chi connectivity index (χ2n) is 4.11. The summed E-state index contributed by atoms with van der Waals surface area (Å²) in [5, 5.41) is 2.66. The number of carbonyl (C=O) groups is 2. The highest BCUT2D eigenvalue weighted by Gasteiger charge is 2.37. The van der Waals surface area contributed by atoms with Crippen LogP contribution in [-0.4, -0.2) is 23.2 Å². The van der Waals surface area contributed by atoms with Gasteiger partial charge >= 0.3 is 0 Å². The van der Waals surface area contributed by atoms with Crippen LogP contribution in [0.4, 0.5) is 0 Å². The third-order valence-corrected chi connectivity index (χ3v) is 3.22. The van der Waals surface area contributed by atoms with Gasteiger partial charge in [0.2, 0.25) is 5.91 Å². The highest BCUT2D eigenvalue weighted by Crippen LogP contribution is 2.18. The van der Waals surface area contributed by atoms with Crippen molar-refractivity contribution in [3.63, 3.8) is 0 Å². The number of nitrogens with one attached hydrogen (secondary N) is 1. The van der Waals surface area contributed by atoms with Gasteiger partial charge in [-0.25, -0.2) is 0 Å². The minimum Gasteiger partial charge on any atom is -0.319 e. The van der Waals surface area contributed by atoms with E-state index >= 15 is 0 Å². The van der Waals surface area contributed by atoms with Crippen molar-refractivity contribution in [1.82, 2.24) is 5.32 Å². The first kappa shape index (κ1) is 12.8. The number of hydrogen-bond acceptors (Lipinski definition) is 3. The second kappa shape index (κ2) is 4.74. The first-order valence-electron chi connectivity index (χ1n) is 5.71. The minimum absolute atomic E-state index is 0.283. The van der Waals surface area contributed by atoms with Crippen LogP contribution in [0.25, 0.3) is 0 Å². The van der Waals surface area contributed by atoms with E-state index in [4.69, 9.17) is 5.73 Å². The molecule has 0 bridgehead atoms. The molecule has 1 aliphatic rings. The summed E-state index contributed by atoms with van der Waals surface area (Å²) in [4.78, 5) is 27.2. The monoisotopic (exact) mass is 225 g/mol. The van der Waals surface area contributed by atoms with Crippen LogP contribution in [0, 0.1) is 5.92 Å². The number of amides is 2. The van der Waals surface area contributed by atoms with Crippen LogP contribution >= 0.6 is 0 Å². The normalized spacial score (nSPS) is 21.8. The van der Waals surface area contributed by atoms with Crippen molar-refractivity contribution in [1.29, 1.82) is 0 Å². The molecule has 1 atom stereocenters. The van der Waals surface area contributed by atoms with Gasteiger partial charge in [0.1, 0.15) is 11.8 Å². The first-order chi connectivity index (χ1) is 7.48. The topological polar surface area (TPSA) is 84.6 Å². The molecule has 0 saturated heterocycles. The number of aliphatic imine (C=N–C) groups is 1. The predicted molar refractivity (Wildman–Crippen MR) is 61.9 cm³/mol. The van der Waals surface area contributed by atoms with E-state index in [1.54, 1.807) is 6.92 Å². The molecule has 5 heteroatoms. The van der Waals surface area contributed by atoms with Crippen LogP contribution in [-0.2, 0) is 9.59 Å². The molecule has 0 saturated carbocycles. The lowest BCUT2D eigenvalue weighted by Crippen LogP contribution is -2.58. The first-order valence-corrected chi connectivity index (χ1v) is 5.71. The Kier molecular flexibility index (Phi) is 3.80. The molecule has 0 aromatic heterocycles. The lowest BCUT2D eigenvalue weighted by Gasteiger charge is -2.31. The zero-order valence-electron chi connectivity index (χ0n) is 10.0. The van der Waals surface area contributed by atoms with Gasteiger partial charge in [-0.2, -0.15) is 4.99 Å². The maximum Gasteiger partial charge on any atom is 0.259 e. The molecule has 2 amide bonds. The summed E-state index contributed by atoms with van der Waals surface area (Å²) in [7, 11) is 0. The summed E-state index contributed by atoms with van der Waals surface area (Å²) in [5.41, 5.74) is 5.38. The maximum atomic E-state index is 11.7. The molecule has 0 fully saturated rings. The number of rotatable bonds is 4. The molecule has 0 radical (unpaired) electrons. The van der Waals surface area contributed by atoms with Crippen molar-refractivity contribution in [3.05, 3.63) is 0 Å². The molecule has 3 N–H and O–H groups in total. The highest BCUT2D eigenvalue weighted by molar-refractivity contribution is 6.18. The molecule has 0 aromatic rings. The van der Waals surface area contributed by atoms with Crippen LogP contribution in [0.1, 0.15) is 40.0 Å². The van der Waals surface area contributed by atoms with Gasteiger partial charge in [-0.3, -0.25) is 9.59 Å². The van der Waals surface area contributed by atoms with Crippen LogP contribution in [0.15, 0.2) is 4.99 Å². The zero-order valence-corrected chi connectivity index (χ0v) is 10.0. The standard InChI is InChI=1S/C11H19N3O2/c1-4-7-8(15)13-10(14-9(7)16)11(12,5-2)6-3/h7H,4-6,12H2,1-3H3,(H,13,14,15,16). The number of amidine groups is 1. The SMILES string of the molecule is CCC1C(=O)N=C(C(N)(CC)CC)NC1=O. The molecule has 1 rings (SSSR count). The molecule has 0 spiro atoms. The van der Waals surface area contributed by atoms with E-state index in [0.29, 0.717) is 25.1 Å². The Bertz CT molecular complexity index is 332. The van der Waals surface area contributed by atoms with Crippen molar-refractivity contribution in [2.24, 2.45) is 16.6 Å². The van der Waals surface area contributed by atoms with Crippen molar-refractivity contribution < 1.29 is 9.59 Å². The molecular weight excluding hydrogens is 206 g/mol. The second-order valence-corrected chi connectivity index (χ2v) is 4.11. The van der Waals surface area contributed by atoms with Crippen LogP contribution in [0.5, 0.6) is 0 Å². The Labute approximate surface area is 95.5 Å². The molecule has 5 nitrogen and oxygen atoms in total. The van der Waals surface area contributed by atoms with Gasteiger partial charge in [0.15, 0.2) is 0 Å². The average molecular weight is 225 g/mol. The minimum atomic E-state index is -0.704. The van der Waals surface area contributed by atoms with E-state index in [-0.39, 0.29) is 11.8 Å². The molecule has 1 heterocycles. The Hall–Kier alpha value is -1.23. The van der Waals surface area contributed by atoms with Gasteiger partial charge in [-0.1, -0.05) is 20.8 Å². The molecule has 0 aromatic carbocycles. The van der Waals surface area contributed by atoms with Gasteiger partial charge in [0.05, 0.1) is 5.54 Å². The number of hydrogen-bond donors (Lipinski definition) is 2. The van der Waals surface area contributed by atoms with Crippen molar-refractivity contribution in [2.75, 3.05) is 0 Å². The molecule has 16 heavy (non-hydrogen) atoms. The lowest BCUT2D eigenvalue weighted by molar-refractivity contribution is -0.133. The van der Waals surface area contributed by atoms with Gasteiger partial charge in [-0.05, 0) is 19.3 Å². The summed E-state index contributed by atoms with van der Waals surface area (Å²) in [5.74, 6) is -0.994. The summed E-state index contributed by atoms with van der Waals surface area (Å²) < 4.78 is 0. The van der Waals surface area contributed by atoms with Crippen molar-refractivity contribution in [3.8, 4) is 0 Å². The Morgan fingerprint density at radius 1 is 1.31 bits per heavy atom. The molecular formula is C11H19N3O2. The average Bonchev–Trinajstić information content (AvgIpc) is 2.27. The molecule has 1 aliphatic heterocycles. The molecule has 1 unspecified atom stereocenters. The van der Waals surface area contributed by atoms with Gasteiger partial charge in [0, 0.05) is 0 Å². The van der Waals surface area contributed by atoms with Crippen molar-refractivity contribution >= 4 is 17.6 Å². The maximum absolute atomic E-state index is 11.7. The van der Waals surface area contributed by atoms with Crippen LogP contribution in [0.3, 0.4) is 0 Å². The van der Waals surface area contributed by atoms with E-state index in [2.05, 4.69) is 10.3 Å². The Balaban J connectivity index is 3.01. The largest absolute Gasteiger partial charge is 0.319 e. The fourth-order valence-corrected chi connectivity index (χ4v) is 1.71. The van der Waals surface area contributed by atoms with E-state index < -0.39 is 11.5 Å². The quantitative estimate of drug-likeness (QED) is 0.686. The zero-order chi connectivity index (χ0) is 12.3. The summed E-state index contributed by atoms with van der Waals surface area (Å²) in [6.45, 7) is 5.61.